The average molecular weight is 317 g/mol. The normalized spacial score (nSPS) is 17.7. The number of carbonyl (C=O) groups is 1. The largest absolute Gasteiger partial charge is 0.337 e. The van der Waals surface area contributed by atoms with Crippen LogP contribution >= 0.6 is 12.4 Å². The van der Waals surface area contributed by atoms with Gasteiger partial charge in [0.1, 0.15) is 0 Å². The molecule has 1 atom stereocenters. The first kappa shape index (κ1) is 16.5. The number of amides is 1. The minimum absolute atomic E-state index is 0. The Bertz CT molecular complexity index is 613. The van der Waals surface area contributed by atoms with Gasteiger partial charge in [0.15, 0.2) is 0 Å². The van der Waals surface area contributed by atoms with Crippen LogP contribution in [0.5, 0.6) is 0 Å². The van der Waals surface area contributed by atoms with Gasteiger partial charge in [-0.1, -0.05) is 42.5 Å². The number of halogens is 1. The highest BCUT2D eigenvalue weighted by atomic mass is 35.5. The molecule has 3 rings (SSSR count). The van der Waals surface area contributed by atoms with Crippen LogP contribution in [0.15, 0.2) is 54.6 Å². The molecule has 1 aliphatic heterocycles. The summed E-state index contributed by atoms with van der Waals surface area (Å²) in [6.07, 6.45) is 2.01. The summed E-state index contributed by atoms with van der Waals surface area (Å²) in [6, 6.07) is 18.1. The van der Waals surface area contributed by atoms with Gasteiger partial charge in [-0.05, 0) is 36.1 Å². The number of nitrogens with two attached hydrogens (primary N) is 1. The molecule has 1 heterocycles. The van der Waals surface area contributed by atoms with Crippen LogP contribution in [0.1, 0.15) is 23.2 Å². The summed E-state index contributed by atoms with van der Waals surface area (Å²) >= 11 is 0. The Morgan fingerprint density at radius 3 is 2.27 bits per heavy atom. The molecule has 0 aromatic heterocycles. The third-order valence-electron chi connectivity index (χ3n) is 3.98. The second-order valence-electron chi connectivity index (χ2n) is 5.60. The summed E-state index contributed by atoms with van der Waals surface area (Å²) in [5.74, 6) is 0.0877. The molecule has 0 bridgehead atoms. The monoisotopic (exact) mass is 316 g/mol. The van der Waals surface area contributed by atoms with E-state index in [-0.39, 0.29) is 24.4 Å². The highest BCUT2D eigenvalue weighted by Crippen LogP contribution is 2.20. The maximum Gasteiger partial charge on any atom is 0.253 e. The van der Waals surface area contributed by atoms with Gasteiger partial charge in [0.05, 0.1) is 0 Å². The van der Waals surface area contributed by atoms with E-state index in [4.69, 9.17) is 5.73 Å². The Labute approximate surface area is 137 Å². The van der Waals surface area contributed by atoms with Gasteiger partial charge < -0.3 is 10.6 Å². The van der Waals surface area contributed by atoms with Crippen molar-refractivity contribution in [2.75, 3.05) is 13.1 Å². The van der Waals surface area contributed by atoms with E-state index in [9.17, 15) is 4.79 Å². The minimum atomic E-state index is 0. The molecule has 3 nitrogen and oxygen atoms in total. The van der Waals surface area contributed by atoms with Crippen LogP contribution in [-0.4, -0.2) is 29.9 Å². The maximum atomic E-state index is 12.5. The van der Waals surface area contributed by atoms with Crippen LogP contribution < -0.4 is 5.73 Å². The van der Waals surface area contributed by atoms with Crippen molar-refractivity contribution in [1.82, 2.24) is 4.90 Å². The van der Waals surface area contributed by atoms with Crippen molar-refractivity contribution < 1.29 is 4.79 Å². The van der Waals surface area contributed by atoms with Gasteiger partial charge in [-0.15, -0.1) is 12.4 Å². The van der Waals surface area contributed by atoms with Crippen LogP contribution in [0.3, 0.4) is 0 Å². The van der Waals surface area contributed by atoms with Crippen molar-refractivity contribution in [2.45, 2.75) is 18.9 Å². The zero-order chi connectivity index (χ0) is 14.7. The molecule has 1 amide bonds. The van der Waals surface area contributed by atoms with Crippen LogP contribution in [0, 0.1) is 0 Å². The van der Waals surface area contributed by atoms with Crippen LogP contribution in [0.2, 0.25) is 0 Å². The molecule has 0 aliphatic carbocycles. The van der Waals surface area contributed by atoms with Crippen molar-refractivity contribution in [3.05, 3.63) is 60.2 Å². The maximum absolute atomic E-state index is 12.5. The lowest BCUT2D eigenvalue weighted by Crippen LogP contribution is -2.45. The van der Waals surface area contributed by atoms with E-state index in [0.29, 0.717) is 6.54 Å². The van der Waals surface area contributed by atoms with E-state index in [0.717, 1.165) is 36.1 Å². The van der Waals surface area contributed by atoms with Crippen molar-refractivity contribution in [3.8, 4) is 11.1 Å². The number of carbonyl (C=O) groups excluding carboxylic acids is 1. The number of benzene rings is 2. The number of piperidine rings is 1. The van der Waals surface area contributed by atoms with Crippen LogP contribution in [-0.2, 0) is 0 Å². The lowest BCUT2D eigenvalue weighted by Gasteiger charge is -2.30. The summed E-state index contributed by atoms with van der Waals surface area (Å²) in [5, 5.41) is 0. The number of hydrogen-bond donors (Lipinski definition) is 1. The van der Waals surface area contributed by atoms with Gasteiger partial charge in [-0.25, -0.2) is 0 Å². The molecular weight excluding hydrogens is 296 g/mol. The Morgan fingerprint density at radius 1 is 1.00 bits per heavy atom. The summed E-state index contributed by atoms with van der Waals surface area (Å²) in [7, 11) is 0. The van der Waals surface area contributed by atoms with Crippen molar-refractivity contribution in [2.24, 2.45) is 5.73 Å². The third-order valence-corrected chi connectivity index (χ3v) is 3.98. The van der Waals surface area contributed by atoms with Gasteiger partial charge in [0, 0.05) is 24.7 Å². The Morgan fingerprint density at radius 2 is 1.64 bits per heavy atom. The zero-order valence-corrected chi connectivity index (χ0v) is 13.3. The van der Waals surface area contributed by atoms with Crippen molar-refractivity contribution >= 4 is 18.3 Å². The summed E-state index contributed by atoms with van der Waals surface area (Å²) in [5.41, 5.74) is 8.98. The predicted molar refractivity (Wildman–Crippen MR) is 92.2 cm³/mol. The molecule has 0 saturated carbocycles. The Hall–Kier alpha value is -1.84. The molecule has 116 valence electrons. The lowest BCUT2D eigenvalue weighted by atomic mass is 10.0. The molecule has 1 aliphatic rings. The highest BCUT2D eigenvalue weighted by Gasteiger charge is 2.22. The number of nitrogens with zero attached hydrogens (tertiary/aromatic N) is 1. The van der Waals surface area contributed by atoms with Gasteiger partial charge in [0.25, 0.3) is 5.91 Å². The highest BCUT2D eigenvalue weighted by molar-refractivity contribution is 5.94. The third kappa shape index (κ3) is 3.67. The van der Waals surface area contributed by atoms with E-state index in [2.05, 4.69) is 12.1 Å². The van der Waals surface area contributed by atoms with Crippen LogP contribution in [0.25, 0.3) is 11.1 Å². The summed E-state index contributed by atoms with van der Waals surface area (Å²) < 4.78 is 0. The Kier molecular flexibility index (Phi) is 5.58. The fourth-order valence-corrected chi connectivity index (χ4v) is 2.81. The fraction of sp³-hybridized carbons (Fsp3) is 0.278. The van der Waals surface area contributed by atoms with E-state index in [1.54, 1.807) is 0 Å². The van der Waals surface area contributed by atoms with E-state index in [1.807, 2.05) is 47.4 Å². The molecule has 22 heavy (non-hydrogen) atoms. The number of rotatable bonds is 2. The van der Waals surface area contributed by atoms with Crippen molar-refractivity contribution in [1.29, 1.82) is 0 Å². The Balaban J connectivity index is 0.00000176. The quantitative estimate of drug-likeness (QED) is 0.923. The summed E-state index contributed by atoms with van der Waals surface area (Å²) in [6.45, 7) is 1.48. The average Bonchev–Trinajstić information content (AvgIpc) is 2.55. The first-order valence-electron chi connectivity index (χ1n) is 7.44. The number of hydrogen-bond acceptors (Lipinski definition) is 2. The summed E-state index contributed by atoms with van der Waals surface area (Å²) in [4.78, 5) is 14.3. The number of likely N-dealkylation sites (tertiary alicyclic amines) is 1. The predicted octanol–water partition coefficient (Wildman–Crippen LogP) is 3.34. The van der Waals surface area contributed by atoms with Gasteiger partial charge in [-0.2, -0.15) is 0 Å². The van der Waals surface area contributed by atoms with E-state index in [1.165, 1.54) is 0 Å². The smallest absolute Gasteiger partial charge is 0.253 e. The SMILES string of the molecule is Cl.NC1CCCN(C(=O)c2ccc(-c3ccccc3)cc2)C1. The molecule has 2 aromatic rings. The minimum Gasteiger partial charge on any atom is -0.337 e. The molecular formula is C18H21ClN2O. The van der Waals surface area contributed by atoms with E-state index < -0.39 is 0 Å². The van der Waals surface area contributed by atoms with Gasteiger partial charge in [-0.3, -0.25) is 4.79 Å². The van der Waals surface area contributed by atoms with Gasteiger partial charge in [0.2, 0.25) is 0 Å². The lowest BCUT2D eigenvalue weighted by molar-refractivity contribution is 0.0709. The zero-order valence-electron chi connectivity index (χ0n) is 12.4. The van der Waals surface area contributed by atoms with Crippen LogP contribution in [0.4, 0.5) is 0 Å². The molecule has 2 aromatic carbocycles. The topological polar surface area (TPSA) is 46.3 Å². The first-order chi connectivity index (χ1) is 10.2. The van der Waals surface area contributed by atoms with E-state index >= 15 is 0 Å². The second kappa shape index (κ2) is 7.43. The molecule has 0 spiro atoms. The van der Waals surface area contributed by atoms with Crippen molar-refractivity contribution in [3.63, 3.8) is 0 Å². The van der Waals surface area contributed by atoms with Gasteiger partial charge >= 0.3 is 0 Å². The molecule has 2 N–H and O–H groups in total. The second-order valence-corrected chi connectivity index (χ2v) is 5.60. The molecule has 1 saturated heterocycles. The first-order valence-corrected chi connectivity index (χ1v) is 7.44. The molecule has 1 fully saturated rings. The molecule has 0 radical (unpaired) electrons. The standard InChI is InChI=1S/C18H20N2O.ClH/c19-17-7-4-12-20(13-17)18(21)16-10-8-15(9-11-16)14-5-2-1-3-6-14;/h1-3,5-6,8-11,17H,4,7,12-13,19H2;1H. The molecule has 1 unspecified atom stereocenters. The fourth-order valence-electron chi connectivity index (χ4n) is 2.81. The molecule has 4 heteroatoms.